The molecule has 1 aromatic rings. The molecule has 2 nitrogen and oxygen atoms in total. The molecule has 0 radical (unpaired) electrons. The first-order chi connectivity index (χ1) is 6.63. The summed E-state index contributed by atoms with van der Waals surface area (Å²) < 4.78 is 1.96. The van der Waals surface area contributed by atoms with Crippen LogP contribution in [0.1, 0.15) is 32.8 Å². The quantitative estimate of drug-likeness (QED) is 0.689. The maximum atomic E-state index is 5.97. The van der Waals surface area contributed by atoms with Crippen molar-refractivity contribution in [3.8, 4) is 0 Å². The molecule has 0 saturated heterocycles. The lowest BCUT2D eigenvalue weighted by Gasteiger charge is -2.24. The van der Waals surface area contributed by atoms with Crippen LogP contribution in [0.15, 0.2) is 12.4 Å². The van der Waals surface area contributed by atoms with Gasteiger partial charge in [0, 0.05) is 18.6 Å². The van der Waals surface area contributed by atoms with Crippen LogP contribution in [-0.2, 0) is 13.0 Å². The topological polar surface area (TPSA) is 17.8 Å². The lowest BCUT2D eigenvalue weighted by Crippen LogP contribution is -2.20. The lowest BCUT2D eigenvalue weighted by atomic mass is 9.84. The minimum absolute atomic E-state index is 0.211. The van der Waals surface area contributed by atoms with Crippen LogP contribution in [0.2, 0.25) is 0 Å². The highest BCUT2D eigenvalue weighted by Gasteiger charge is 2.21. The second kappa shape index (κ2) is 4.83. The summed E-state index contributed by atoms with van der Waals surface area (Å²) in [6.45, 7) is 7.44. The van der Waals surface area contributed by atoms with Crippen LogP contribution >= 0.6 is 11.6 Å². The first-order valence-electron chi connectivity index (χ1n) is 5.21. The molecule has 0 spiro atoms. The first kappa shape index (κ1) is 11.6. The molecule has 1 heterocycles. The van der Waals surface area contributed by atoms with E-state index >= 15 is 0 Å². The molecule has 0 fully saturated rings. The van der Waals surface area contributed by atoms with Gasteiger partial charge >= 0.3 is 0 Å². The molecule has 14 heavy (non-hydrogen) atoms. The van der Waals surface area contributed by atoms with Crippen molar-refractivity contribution < 1.29 is 0 Å². The second-order valence-electron chi connectivity index (χ2n) is 4.18. The summed E-state index contributed by atoms with van der Waals surface area (Å²) >= 11 is 5.97. The molecule has 0 N–H and O–H groups in total. The Morgan fingerprint density at radius 3 is 2.64 bits per heavy atom. The number of hydrogen-bond acceptors (Lipinski definition) is 1. The fourth-order valence-electron chi connectivity index (χ4n) is 1.43. The molecule has 1 unspecified atom stereocenters. The smallest absolute Gasteiger partial charge is 0.0521 e. The van der Waals surface area contributed by atoms with Gasteiger partial charge in [0.25, 0.3) is 0 Å². The number of aryl methyl sites for hydroxylation is 1. The number of rotatable bonds is 5. The van der Waals surface area contributed by atoms with E-state index in [1.807, 2.05) is 10.9 Å². The van der Waals surface area contributed by atoms with E-state index in [1.54, 1.807) is 0 Å². The molecule has 0 bridgehead atoms. The van der Waals surface area contributed by atoms with Gasteiger partial charge in [0.2, 0.25) is 0 Å². The summed E-state index contributed by atoms with van der Waals surface area (Å²) in [5, 5.41) is 4.26. The molecule has 80 valence electrons. The SMILES string of the molecule is CCn1cc(CC(C)(CC)CCl)cn1. The van der Waals surface area contributed by atoms with Crippen LogP contribution < -0.4 is 0 Å². The number of hydrogen-bond donors (Lipinski definition) is 0. The van der Waals surface area contributed by atoms with Crippen molar-refractivity contribution >= 4 is 11.6 Å². The minimum atomic E-state index is 0.211. The van der Waals surface area contributed by atoms with Crippen LogP contribution in [0.4, 0.5) is 0 Å². The summed E-state index contributed by atoms with van der Waals surface area (Å²) in [6, 6.07) is 0. The van der Waals surface area contributed by atoms with Crippen molar-refractivity contribution in [1.82, 2.24) is 9.78 Å². The molecular formula is C11H19ClN2. The van der Waals surface area contributed by atoms with Crippen molar-refractivity contribution in [2.75, 3.05) is 5.88 Å². The van der Waals surface area contributed by atoms with Crippen molar-refractivity contribution in [2.45, 2.75) is 40.2 Å². The van der Waals surface area contributed by atoms with Gasteiger partial charge in [-0.1, -0.05) is 13.8 Å². The molecule has 0 amide bonds. The zero-order valence-corrected chi connectivity index (χ0v) is 10.0. The Kier molecular flexibility index (Phi) is 3.99. The zero-order valence-electron chi connectivity index (χ0n) is 9.26. The molecular weight excluding hydrogens is 196 g/mol. The van der Waals surface area contributed by atoms with E-state index in [0.29, 0.717) is 5.88 Å². The summed E-state index contributed by atoms with van der Waals surface area (Å²) in [4.78, 5) is 0. The molecule has 0 aliphatic carbocycles. The Morgan fingerprint density at radius 1 is 1.50 bits per heavy atom. The summed E-state index contributed by atoms with van der Waals surface area (Å²) in [5.41, 5.74) is 1.50. The highest BCUT2D eigenvalue weighted by atomic mass is 35.5. The summed E-state index contributed by atoms with van der Waals surface area (Å²) in [7, 11) is 0. The maximum Gasteiger partial charge on any atom is 0.0521 e. The second-order valence-corrected chi connectivity index (χ2v) is 4.45. The molecule has 0 aliphatic rings. The Hall–Kier alpha value is -0.500. The van der Waals surface area contributed by atoms with Crippen molar-refractivity contribution in [3.63, 3.8) is 0 Å². The Balaban J connectivity index is 2.67. The van der Waals surface area contributed by atoms with E-state index < -0.39 is 0 Å². The van der Waals surface area contributed by atoms with Crippen LogP contribution in [0.3, 0.4) is 0 Å². The number of aromatic nitrogens is 2. The average Bonchev–Trinajstić information content (AvgIpc) is 2.65. The molecule has 0 aromatic carbocycles. The van der Waals surface area contributed by atoms with Crippen molar-refractivity contribution in [2.24, 2.45) is 5.41 Å². The normalized spacial score (nSPS) is 15.4. The summed E-state index contributed by atoms with van der Waals surface area (Å²) in [6.07, 6.45) is 6.19. The number of nitrogens with zero attached hydrogens (tertiary/aromatic N) is 2. The minimum Gasteiger partial charge on any atom is -0.273 e. The van der Waals surface area contributed by atoms with Crippen molar-refractivity contribution in [1.29, 1.82) is 0 Å². The van der Waals surface area contributed by atoms with E-state index in [2.05, 4.69) is 32.1 Å². The highest BCUT2D eigenvalue weighted by molar-refractivity contribution is 6.18. The lowest BCUT2D eigenvalue weighted by molar-refractivity contribution is 0.355. The van der Waals surface area contributed by atoms with Gasteiger partial charge in [-0.3, -0.25) is 4.68 Å². The third kappa shape index (κ3) is 2.74. The average molecular weight is 215 g/mol. The fraction of sp³-hybridized carbons (Fsp3) is 0.727. The third-order valence-electron chi connectivity index (χ3n) is 2.82. The Morgan fingerprint density at radius 2 is 2.21 bits per heavy atom. The van der Waals surface area contributed by atoms with Gasteiger partial charge in [-0.05, 0) is 30.7 Å². The standard InChI is InChI=1S/C11H19ClN2/c1-4-11(3,9-12)6-10-7-13-14(5-2)8-10/h7-8H,4-6,9H2,1-3H3. The monoisotopic (exact) mass is 214 g/mol. The van der Waals surface area contributed by atoms with Gasteiger partial charge in [-0.15, -0.1) is 11.6 Å². The molecule has 1 rings (SSSR count). The van der Waals surface area contributed by atoms with Gasteiger partial charge in [0.05, 0.1) is 6.20 Å². The molecule has 0 saturated carbocycles. The number of alkyl halides is 1. The summed E-state index contributed by atoms with van der Waals surface area (Å²) in [5.74, 6) is 0.709. The fourth-order valence-corrected chi connectivity index (χ4v) is 1.71. The van der Waals surface area contributed by atoms with E-state index in [9.17, 15) is 0 Å². The maximum absolute atomic E-state index is 5.97. The molecule has 3 heteroatoms. The van der Waals surface area contributed by atoms with Gasteiger partial charge in [0.1, 0.15) is 0 Å². The van der Waals surface area contributed by atoms with Crippen molar-refractivity contribution in [3.05, 3.63) is 18.0 Å². The third-order valence-corrected chi connectivity index (χ3v) is 3.46. The van der Waals surface area contributed by atoms with Gasteiger partial charge in [0.15, 0.2) is 0 Å². The molecule has 1 atom stereocenters. The highest BCUT2D eigenvalue weighted by Crippen LogP contribution is 2.27. The largest absolute Gasteiger partial charge is 0.273 e. The van der Waals surface area contributed by atoms with E-state index in [1.165, 1.54) is 5.56 Å². The first-order valence-corrected chi connectivity index (χ1v) is 5.74. The van der Waals surface area contributed by atoms with Crippen LogP contribution in [0, 0.1) is 5.41 Å². The molecule has 0 aliphatic heterocycles. The van der Waals surface area contributed by atoms with Gasteiger partial charge in [-0.2, -0.15) is 5.10 Å². The van der Waals surface area contributed by atoms with Crippen LogP contribution in [0.5, 0.6) is 0 Å². The predicted octanol–water partition coefficient (Wildman–Crippen LogP) is 3.10. The predicted molar refractivity (Wildman–Crippen MR) is 60.7 cm³/mol. The van der Waals surface area contributed by atoms with Gasteiger partial charge < -0.3 is 0 Å². The zero-order chi connectivity index (χ0) is 10.6. The van der Waals surface area contributed by atoms with Crippen LogP contribution in [-0.4, -0.2) is 15.7 Å². The van der Waals surface area contributed by atoms with Crippen LogP contribution in [0.25, 0.3) is 0 Å². The Bertz CT molecular complexity index is 277. The van der Waals surface area contributed by atoms with Gasteiger partial charge in [-0.25, -0.2) is 0 Å². The Labute approximate surface area is 91.3 Å². The van der Waals surface area contributed by atoms with E-state index in [-0.39, 0.29) is 5.41 Å². The van der Waals surface area contributed by atoms with E-state index in [0.717, 1.165) is 19.4 Å². The molecule has 1 aromatic heterocycles. The van der Waals surface area contributed by atoms with E-state index in [4.69, 9.17) is 11.6 Å². The number of halogens is 1.